The highest BCUT2D eigenvalue weighted by atomic mass is 14.7. The Morgan fingerprint density at radius 2 is 1.82 bits per heavy atom. The summed E-state index contributed by atoms with van der Waals surface area (Å²) in [7, 11) is 0. The summed E-state index contributed by atoms with van der Waals surface area (Å²) in [6.07, 6.45) is 6.22. The van der Waals surface area contributed by atoms with Crippen molar-refractivity contribution in [3.63, 3.8) is 0 Å². The van der Waals surface area contributed by atoms with E-state index >= 15 is 0 Å². The molecule has 3 unspecified atom stereocenters. The summed E-state index contributed by atoms with van der Waals surface area (Å²) in [6, 6.07) is 9.32. The molecule has 0 amide bonds. The number of rotatable bonds is 4. The fourth-order valence-corrected chi connectivity index (χ4v) is 3.14. The second-order valence-corrected chi connectivity index (χ2v) is 5.61. The fourth-order valence-electron chi connectivity index (χ4n) is 3.14. The maximum atomic E-state index is 6.37. The topological polar surface area (TPSA) is 26.0 Å². The second kappa shape index (κ2) is 5.68. The minimum Gasteiger partial charge on any atom is -0.327 e. The summed E-state index contributed by atoms with van der Waals surface area (Å²) in [6.45, 7) is 4.55. The molecule has 0 saturated heterocycles. The third-order valence-corrected chi connectivity index (χ3v) is 4.38. The van der Waals surface area contributed by atoms with Gasteiger partial charge in [0, 0.05) is 6.04 Å². The molecule has 1 aromatic carbocycles. The van der Waals surface area contributed by atoms with Crippen LogP contribution in [0.25, 0.3) is 0 Å². The Labute approximate surface area is 105 Å². The smallest absolute Gasteiger partial charge is 0.0110 e. The van der Waals surface area contributed by atoms with E-state index in [9.17, 15) is 0 Å². The van der Waals surface area contributed by atoms with Crippen molar-refractivity contribution in [1.82, 2.24) is 0 Å². The summed E-state index contributed by atoms with van der Waals surface area (Å²) in [5.41, 5.74) is 9.18. The van der Waals surface area contributed by atoms with Gasteiger partial charge in [-0.2, -0.15) is 0 Å². The molecule has 1 nitrogen and oxygen atoms in total. The molecule has 1 aliphatic rings. The summed E-state index contributed by atoms with van der Waals surface area (Å²) >= 11 is 0. The molecule has 0 aromatic heterocycles. The van der Waals surface area contributed by atoms with Gasteiger partial charge in [-0.15, -0.1) is 0 Å². The van der Waals surface area contributed by atoms with Crippen molar-refractivity contribution >= 4 is 0 Å². The first-order valence-corrected chi connectivity index (χ1v) is 7.04. The lowest BCUT2D eigenvalue weighted by Crippen LogP contribution is -2.33. The minimum absolute atomic E-state index is 0.347. The van der Waals surface area contributed by atoms with Crippen LogP contribution >= 0.6 is 0 Å². The SMILES string of the molecule is CCc1ccc(CC(N)C2CCCC2C)cc1. The molecule has 17 heavy (non-hydrogen) atoms. The van der Waals surface area contributed by atoms with E-state index in [2.05, 4.69) is 38.1 Å². The van der Waals surface area contributed by atoms with Crippen molar-refractivity contribution in [1.29, 1.82) is 0 Å². The van der Waals surface area contributed by atoms with E-state index in [0.717, 1.165) is 24.7 Å². The van der Waals surface area contributed by atoms with Crippen molar-refractivity contribution in [2.24, 2.45) is 17.6 Å². The van der Waals surface area contributed by atoms with Gasteiger partial charge in [-0.25, -0.2) is 0 Å². The van der Waals surface area contributed by atoms with Crippen molar-refractivity contribution in [2.75, 3.05) is 0 Å². The molecule has 1 aliphatic carbocycles. The number of hydrogen-bond acceptors (Lipinski definition) is 1. The molecule has 0 spiro atoms. The summed E-state index contributed by atoms with van der Waals surface area (Å²) in [5, 5.41) is 0. The van der Waals surface area contributed by atoms with E-state index in [4.69, 9.17) is 5.73 Å². The predicted octanol–water partition coefficient (Wildman–Crippen LogP) is 3.56. The molecule has 0 bridgehead atoms. The Balaban J connectivity index is 1.95. The molecule has 1 heteroatoms. The summed E-state index contributed by atoms with van der Waals surface area (Å²) in [4.78, 5) is 0. The average molecular weight is 231 g/mol. The van der Waals surface area contributed by atoms with Gasteiger partial charge in [-0.1, -0.05) is 51.0 Å². The Morgan fingerprint density at radius 1 is 1.18 bits per heavy atom. The van der Waals surface area contributed by atoms with Gasteiger partial charge in [0.15, 0.2) is 0 Å². The van der Waals surface area contributed by atoms with Crippen LogP contribution in [-0.4, -0.2) is 6.04 Å². The average Bonchev–Trinajstić information content (AvgIpc) is 2.76. The molecule has 1 fully saturated rings. The summed E-state index contributed by atoms with van der Waals surface area (Å²) in [5.74, 6) is 1.56. The van der Waals surface area contributed by atoms with E-state index in [0.29, 0.717) is 6.04 Å². The van der Waals surface area contributed by atoms with Gasteiger partial charge in [0.05, 0.1) is 0 Å². The zero-order valence-corrected chi connectivity index (χ0v) is 11.2. The number of nitrogens with two attached hydrogens (primary N) is 1. The van der Waals surface area contributed by atoms with Crippen LogP contribution in [0.2, 0.25) is 0 Å². The Hall–Kier alpha value is -0.820. The highest BCUT2D eigenvalue weighted by Crippen LogP contribution is 2.33. The molecule has 0 heterocycles. The molecule has 0 aliphatic heterocycles. The summed E-state index contributed by atoms with van der Waals surface area (Å²) < 4.78 is 0. The number of hydrogen-bond donors (Lipinski definition) is 1. The van der Waals surface area contributed by atoms with Crippen molar-refractivity contribution < 1.29 is 0 Å². The van der Waals surface area contributed by atoms with E-state index in [1.165, 1.54) is 30.4 Å². The molecule has 2 N–H and O–H groups in total. The molecular weight excluding hydrogens is 206 g/mol. The molecule has 94 valence electrons. The van der Waals surface area contributed by atoms with Crippen LogP contribution in [0.3, 0.4) is 0 Å². The molecule has 1 aromatic rings. The molecule has 2 rings (SSSR count). The Bertz CT molecular complexity index is 341. The highest BCUT2D eigenvalue weighted by molar-refractivity contribution is 5.23. The highest BCUT2D eigenvalue weighted by Gasteiger charge is 2.28. The van der Waals surface area contributed by atoms with Gasteiger partial charge in [0.2, 0.25) is 0 Å². The molecule has 0 radical (unpaired) electrons. The van der Waals surface area contributed by atoms with Gasteiger partial charge in [-0.05, 0) is 42.2 Å². The van der Waals surface area contributed by atoms with E-state index < -0.39 is 0 Å². The van der Waals surface area contributed by atoms with E-state index in [1.807, 2.05) is 0 Å². The first-order chi connectivity index (χ1) is 8.20. The van der Waals surface area contributed by atoms with E-state index in [-0.39, 0.29) is 0 Å². The van der Waals surface area contributed by atoms with Crippen LogP contribution in [0, 0.1) is 11.8 Å². The van der Waals surface area contributed by atoms with Gasteiger partial charge in [-0.3, -0.25) is 0 Å². The van der Waals surface area contributed by atoms with Gasteiger partial charge in [0.25, 0.3) is 0 Å². The molecular formula is C16H25N. The van der Waals surface area contributed by atoms with Crippen LogP contribution in [0.4, 0.5) is 0 Å². The van der Waals surface area contributed by atoms with Crippen LogP contribution < -0.4 is 5.73 Å². The normalized spacial score (nSPS) is 26.1. The largest absolute Gasteiger partial charge is 0.327 e. The minimum atomic E-state index is 0.347. The van der Waals surface area contributed by atoms with Gasteiger partial charge in [0.1, 0.15) is 0 Å². The van der Waals surface area contributed by atoms with Crippen LogP contribution in [0.1, 0.15) is 44.2 Å². The predicted molar refractivity (Wildman–Crippen MR) is 74.0 cm³/mol. The Kier molecular flexibility index (Phi) is 4.22. The standard InChI is InChI=1S/C16H25N/c1-3-13-7-9-14(10-8-13)11-16(17)15-6-4-5-12(15)2/h7-10,12,15-16H,3-6,11,17H2,1-2H3. The third-order valence-electron chi connectivity index (χ3n) is 4.38. The lowest BCUT2D eigenvalue weighted by molar-refractivity contribution is 0.343. The third kappa shape index (κ3) is 3.10. The lowest BCUT2D eigenvalue weighted by atomic mass is 9.87. The number of benzene rings is 1. The van der Waals surface area contributed by atoms with Crippen LogP contribution in [-0.2, 0) is 12.8 Å². The first kappa shape index (κ1) is 12.6. The van der Waals surface area contributed by atoms with Crippen LogP contribution in [0.15, 0.2) is 24.3 Å². The van der Waals surface area contributed by atoms with Gasteiger partial charge >= 0.3 is 0 Å². The Morgan fingerprint density at radius 3 is 2.35 bits per heavy atom. The molecule has 1 saturated carbocycles. The monoisotopic (exact) mass is 231 g/mol. The number of aryl methyl sites for hydroxylation is 1. The van der Waals surface area contributed by atoms with E-state index in [1.54, 1.807) is 0 Å². The lowest BCUT2D eigenvalue weighted by Gasteiger charge is -2.23. The second-order valence-electron chi connectivity index (χ2n) is 5.61. The maximum absolute atomic E-state index is 6.37. The zero-order chi connectivity index (χ0) is 12.3. The first-order valence-electron chi connectivity index (χ1n) is 7.04. The van der Waals surface area contributed by atoms with Crippen molar-refractivity contribution in [3.8, 4) is 0 Å². The maximum Gasteiger partial charge on any atom is 0.0110 e. The van der Waals surface area contributed by atoms with Crippen molar-refractivity contribution in [2.45, 2.75) is 52.0 Å². The quantitative estimate of drug-likeness (QED) is 0.842. The van der Waals surface area contributed by atoms with Gasteiger partial charge < -0.3 is 5.73 Å². The zero-order valence-electron chi connectivity index (χ0n) is 11.2. The fraction of sp³-hybridized carbons (Fsp3) is 0.625. The molecule has 3 atom stereocenters. The van der Waals surface area contributed by atoms with Crippen molar-refractivity contribution in [3.05, 3.63) is 35.4 Å². The van der Waals surface area contributed by atoms with Crippen LogP contribution in [0.5, 0.6) is 0 Å².